The van der Waals surface area contributed by atoms with E-state index in [0.29, 0.717) is 22.5 Å². The molecule has 0 radical (unpaired) electrons. The number of hydrogen-bond acceptors (Lipinski definition) is 4. The van der Waals surface area contributed by atoms with E-state index in [1.165, 1.54) is 30.3 Å². The van der Waals surface area contributed by atoms with Crippen LogP contribution in [0.4, 0.5) is 30.2 Å². The van der Waals surface area contributed by atoms with Gasteiger partial charge in [0.2, 0.25) is 0 Å². The van der Waals surface area contributed by atoms with Gasteiger partial charge in [-0.2, -0.15) is 13.2 Å². The predicted molar refractivity (Wildman–Crippen MR) is 106 cm³/mol. The summed E-state index contributed by atoms with van der Waals surface area (Å²) in [5, 5.41) is 10.4. The van der Waals surface area contributed by atoms with Gasteiger partial charge in [-0.05, 0) is 62.4 Å². The molecule has 2 bridgehead atoms. The van der Waals surface area contributed by atoms with Crippen molar-refractivity contribution in [2.24, 2.45) is 5.92 Å². The Balaban J connectivity index is 1.51. The van der Waals surface area contributed by atoms with Crippen LogP contribution >= 0.6 is 11.8 Å². The molecule has 3 fully saturated rings. The first-order chi connectivity index (χ1) is 13.5. The second kappa shape index (κ2) is 6.88. The van der Waals surface area contributed by atoms with Crippen LogP contribution < -0.4 is 16.0 Å². The van der Waals surface area contributed by atoms with Crippen molar-refractivity contribution in [3.63, 3.8) is 0 Å². The quantitative estimate of drug-likeness (QED) is 0.499. The Morgan fingerprint density at radius 2 is 1.89 bits per heavy atom. The van der Waals surface area contributed by atoms with E-state index >= 15 is 0 Å². The fraction of sp³-hybridized carbons (Fsp3) is 0.429. The number of halogens is 3. The molecular weight excluding hydrogens is 383 g/mol. The maximum absolute atomic E-state index is 13.5. The van der Waals surface area contributed by atoms with Gasteiger partial charge in [0.1, 0.15) is 0 Å². The van der Waals surface area contributed by atoms with Crippen molar-refractivity contribution in [1.29, 1.82) is 0 Å². The van der Waals surface area contributed by atoms with Gasteiger partial charge in [0.05, 0.1) is 22.6 Å². The van der Waals surface area contributed by atoms with E-state index in [0.717, 1.165) is 42.1 Å². The van der Waals surface area contributed by atoms with E-state index in [2.05, 4.69) is 16.0 Å². The van der Waals surface area contributed by atoms with Crippen molar-refractivity contribution >= 4 is 28.8 Å². The normalized spacial score (nSPS) is 26.0. The Hall–Kier alpha value is -1.86. The standard InChI is InChI=1S/C21H22F3N3S/c22-21(23,24)13-8-17(26-15-7-12-5-6-14(10-15)25-11-12)20-19(9-13)28-18-4-2-1-3-16(18)27-20/h1-4,8-9,12,14-15,25-27H,5-7,10-11H2. The Morgan fingerprint density at radius 1 is 1.04 bits per heavy atom. The summed E-state index contributed by atoms with van der Waals surface area (Å²) in [4.78, 5) is 1.56. The highest BCUT2D eigenvalue weighted by Gasteiger charge is 2.35. The maximum atomic E-state index is 13.5. The lowest BCUT2D eigenvalue weighted by Gasteiger charge is -2.28. The lowest BCUT2D eigenvalue weighted by Crippen LogP contribution is -2.36. The molecule has 3 unspecified atom stereocenters. The third kappa shape index (κ3) is 3.46. The zero-order valence-electron chi connectivity index (χ0n) is 15.3. The Kier molecular flexibility index (Phi) is 4.47. The summed E-state index contributed by atoms with van der Waals surface area (Å²) in [5.74, 6) is 0.598. The summed E-state index contributed by atoms with van der Waals surface area (Å²) < 4.78 is 40.6. The molecule has 0 aromatic heterocycles. The molecule has 0 spiro atoms. The van der Waals surface area contributed by atoms with Gasteiger partial charge in [-0.1, -0.05) is 23.9 Å². The second-order valence-electron chi connectivity index (χ2n) is 7.98. The minimum absolute atomic E-state index is 0.184. The summed E-state index contributed by atoms with van der Waals surface area (Å²) in [6, 6.07) is 10.9. The van der Waals surface area contributed by atoms with Gasteiger partial charge in [-0.25, -0.2) is 0 Å². The maximum Gasteiger partial charge on any atom is 0.416 e. The van der Waals surface area contributed by atoms with Crippen molar-refractivity contribution in [2.45, 2.75) is 53.7 Å². The number of anilines is 3. The van der Waals surface area contributed by atoms with E-state index in [4.69, 9.17) is 0 Å². The van der Waals surface area contributed by atoms with Crippen molar-refractivity contribution in [3.8, 4) is 0 Å². The van der Waals surface area contributed by atoms with E-state index in [-0.39, 0.29) is 6.04 Å². The number of piperidine rings is 1. The number of hydrogen-bond donors (Lipinski definition) is 3. The molecule has 1 aliphatic carbocycles. The molecule has 4 aliphatic rings. The molecule has 3 aliphatic heterocycles. The molecule has 6 rings (SSSR count). The van der Waals surface area contributed by atoms with Crippen molar-refractivity contribution < 1.29 is 13.2 Å². The first-order valence-electron chi connectivity index (χ1n) is 9.75. The minimum atomic E-state index is -4.37. The second-order valence-corrected chi connectivity index (χ2v) is 9.06. The predicted octanol–water partition coefficient (Wildman–Crippen LogP) is 5.86. The molecule has 0 amide bonds. The smallest absolute Gasteiger partial charge is 0.381 e. The van der Waals surface area contributed by atoms with Gasteiger partial charge < -0.3 is 16.0 Å². The summed E-state index contributed by atoms with van der Waals surface area (Å²) in [6.07, 6.45) is -0.0560. The van der Waals surface area contributed by atoms with E-state index in [1.807, 2.05) is 24.3 Å². The van der Waals surface area contributed by atoms with Gasteiger partial charge in [-0.3, -0.25) is 0 Å². The van der Waals surface area contributed by atoms with Crippen molar-refractivity contribution in [3.05, 3.63) is 42.0 Å². The molecule has 2 aromatic rings. The monoisotopic (exact) mass is 405 g/mol. The van der Waals surface area contributed by atoms with Crippen LogP contribution in [0, 0.1) is 5.92 Å². The number of benzene rings is 2. The van der Waals surface area contributed by atoms with Gasteiger partial charge in [-0.15, -0.1) is 0 Å². The van der Waals surface area contributed by atoms with Crippen LogP contribution in [0.3, 0.4) is 0 Å². The fourth-order valence-corrected chi connectivity index (χ4v) is 5.63. The molecule has 148 valence electrons. The zero-order chi connectivity index (χ0) is 19.3. The molecule has 1 saturated carbocycles. The third-order valence-corrected chi connectivity index (χ3v) is 7.08. The average molecular weight is 405 g/mol. The van der Waals surface area contributed by atoms with Crippen LogP contribution in [-0.2, 0) is 6.18 Å². The molecule has 2 aromatic carbocycles. The first kappa shape index (κ1) is 18.2. The molecule has 3 nitrogen and oxygen atoms in total. The Labute approximate surface area is 166 Å². The Morgan fingerprint density at radius 3 is 2.68 bits per heavy atom. The zero-order valence-corrected chi connectivity index (χ0v) is 16.1. The van der Waals surface area contributed by atoms with E-state index in [1.54, 1.807) is 0 Å². The first-order valence-corrected chi connectivity index (χ1v) is 10.6. The van der Waals surface area contributed by atoms with Crippen LogP contribution in [0.5, 0.6) is 0 Å². The molecule has 3 N–H and O–H groups in total. The lowest BCUT2D eigenvalue weighted by molar-refractivity contribution is -0.137. The van der Waals surface area contributed by atoms with Crippen LogP contribution in [0.25, 0.3) is 0 Å². The van der Waals surface area contributed by atoms with Crippen LogP contribution in [0.15, 0.2) is 46.2 Å². The van der Waals surface area contributed by atoms with E-state index < -0.39 is 11.7 Å². The summed E-state index contributed by atoms with van der Waals surface area (Å²) in [6.45, 7) is 1.02. The third-order valence-electron chi connectivity index (χ3n) is 5.96. The van der Waals surface area contributed by atoms with Crippen LogP contribution in [0.1, 0.15) is 31.2 Å². The number of para-hydroxylation sites is 1. The van der Waals surface area contributed by atoms with Crippen molar-refractivity contribution in [2.75, 3.05) is 17.2 Å². The van der Waals surface area contributed by atoms with Crippen LogP contribution in [0.2, 0.25) is 0 Å². The number of rotatable bonds is 2. The van der Waals surface area contributed by atoms with Gasteiger partial charge >= 0.3 is 6.18 Å². The lowest BCUT2D eigenvalue weighted by atomic mass is 9.96. The topological polar surface area (TPSA) is 36.1 Å². The molecule has 3 heterocycles. The molecule has 2 saturated heterocycles. The number of nitrogens with one attached hydrogen (secondary N) is 3. The number of fused-ring (bicyclic) bond motifs is 6. The number of alkyl halides is 3. The van der Waals surface area contributed by atoms with Gasteiger partial charge in [0.25, 0.3) is 0 Å². The molecule has 28 heavy (non-hydrogen) atoms. The molecule has 7 heteroatoms. The average Bonchev–Trinajstić information content (AvgIpc) is 2.98. The highest BCUT2D eigenvalue weighted by Crippen LogP contribution is 2.49. The highest BCUT2D eigenvalue weighted by molar-refractivity contribution is 7.99. The summed E-state index contributed by atoms with van der Waals surface area (Å²) in [7, 11) is 0. The van der Waals surface area contributed by atoms with Gasteiger partial charge in [0, 0.05) is 21.9 Å². The Bertz CT molecular complexity index is 877. The van der Waals surface area contributed by atoms with E-state index in [9.17, 15) is 13.2 Å². The summed E-state index contributed by atoms with van der Waals surface area (Å²) in [5.41, 5.74) is 1.64. The highest BCUT2D eigenvalue weighted by atomic mass is 32.2. The summed E-state index contributed by atoms with van der Waals surface area (Å²) >= 11 is 1.39. The van der Waals surface area contributed by atoms with Crippen LogP contribution in [-0.4, -0.2) is 18.6 Å². The SMILES string of the molecule is FC(F)(F)c1cc(NC2CC3CCC(C2)NC3)c2c(c1)Sc1ccccc1N2. The van der Waals surface area contributed by atoms with Gasteiger partial charge in [0.15, 0.2) is 0 Å². The minimum Gasteiger partial charge on any atom is -0.381 e. The molecular formula is C21H22F3N3S. The molecule has 3 atom stereocenters. The van der Waals surface area contributed by atoms with Crippen molar-refractivity contribution in [1.82, 2.24) is 5.32 Å². The fourth-order valence-electron chi connectivity index (χ4n) is 4.57. The largest absolute Gasteiger partial charge is 0.416 e.